The molecule has 1 atom stereocenters. The Bertz CT molecular complexity index is 938. The molecule has 0 spiro atoms. The smallest absolute Gasteiger partial charge is 0.393 e. The molecule has 1 aliphatic rings. The van der Waals surface area contributed by atoms with E-state index in [2.05, 4.69) is 5.32 Å². The van der Waals surface area contributed by atoms with Crippen molar-refractivity contribution in [2.75, 3.05) is 19.7 Å². The second kappa shape index (κ2) is 10.5. The molecule has 1 aliphatic heterocycles. The van der Waals surface area contributed by atoms with Crippen molar-refractivity contribution in [3.8, 4) is 0 Å². The molecule has 2 aromatic carbocycles. The molecule has 0 saturated carbocycles. The van der Waals surface area contributed by atoms with Gasteiger partial charge in [0.25, 0.3) is 5.91 Å². The number of nitrogens with one attached hydrogen (secondary N) is 1. The minimum Gasteiger partial charge on any atom is -0.393 e. The Balaban J connectivity index is 1.70. The maximum Gasteiger partial charge on any atom is 0.416 e. The first-order chi connectivity index (χ1) is 15.7. The lowest BCUT2D eigenvalue weighted by molar-refractivity contribution is -0.137. The minimum absolute atomic E-state index is 0.0789. The van der Waals surface area contributed by atoms with E-state index in [4.69, 9.17) is 0 Å². The number of aliphatic hydroxyl groups is 1. The maximum absolute atomic E-state index is 13.1. The number of nitrogens with zero attached hydrogens (tertiary/aromatic N) is 1. The summed E-state index contributed by atoms with van der Waals surface area (Å²) in [5.74, 6) is -0.366. The van der Waals surface area contributed by atoms with Gasteiger partial charge in [-0.25, -0.2) is 0 Å². The number of carbonyl (C=O) groups is 2. The number of rotatable bonds is 8. The number of amides is 1. The van der Waals surface area contributed by atoms with Crippen LogP contribution in [0.25, 0.3) is 0 Å². The topological polar surface area (TPSA) is 69.6 Å². The molecule has 1 amide bonds. The van der Waals surface area contributed by atoms with Crippen LogP contribution >= 0.6 is 0 Å². The van der Waals surface area contributed by atoms with Crippen LogP contribution in [0.4, 0.5) is 13.2 Å². The van der Waals surface area contributed by atoms with E-state index in [-0.39, 0.29) is 18.0 Å². The summed E-state index contributed by atoms with van der Waals surface area (Å²) < 4.78 is 38.3. The van der Waals surface area contributed by atoms with Gasteiger partial charge in [0.15, 0.2) is 0 Å². The number of ketones is 1. The van der Waals surface area contributed by atoms with Crippen LogP contribution in [-0.4, -0.2) is 47.6 Å². The van der Waals surface area contributed by atoms with Crippen LogP contribution in [0, 0.1) is 0 Å². The number of halogens is 3. The standard InChI is InChI=1S/C25H29F3N2O3/c1-2-6-21(32)24(19-7-4-3-5-8-19)13-15-30(16-14-24)22(17-31)29-23(33)18-9-11-20(12-10-18)25(26,27)28/h3-5,7-12,22,31H,2,6,13-17H2,1H3,(H,29,33). The summed E-state index contributed by atoms with van der Waals surface area (Å²) in [6.45, 7) is 2.60. The van der Waals surface area contributed by atoms with Crippen LogP contribution < -0.4 is 5.32 Å². The van der Waals surface area contributed by atoms with Crippen molar-refractivity contribution in [2.45, 2.75) is 50.4 Å². The summed E-state index contributed by atoms with van der Waals surface area (Å²) in [5, 5.41) is 12.6. The van der Waals surface area contributed by atoms with Crippen molar-refractivity contribution < 1.29 is 27.9 Å². The molecule has 0 bridgehead atoms. The molecule has 1 fully saturated rings. The Kier molecular flexibility index (Phi) is 7.92. The first-order valence-corrected chi connectivity index (χ1v) is 11.1. The molecule has 178 valence electrons. The number of aliphatic hydroxyl groups excluding tert-OH is 1. The lowest BCUT2D eigenvalue weighted by atomic mass is 9.68. The molecule has 3 rings (SSSR count). The van der Waals surface area contributed by atoms with E-state index >= 15 is 0 Å². The van der Waals surface area contributed by atoms with Gasteiger partial charge >= 0.3 is 6.18 Å². The SMILES string of the molecule is CCCC(=O)C1(c2ccccc2)CCN(C(CO)NC(=O)c2ccc(C(F)(F)F)cc2)CC1. The van der Waals surface area contributed by atoms with E-state index in [1.807, 2.05) is 42.2 Å². The van der Waals surface area contributed by atoms with E-state index in [0.29, 0.717) is 32.4 Å². The Hall–Kier alpha value is -2.71. The zero-order valence-electron chi connectivity index (χ0n) is 18.6. The van der Waals surface area contributed by atoms with Gasteiger partial charge in [0, 0.05) is 25.1 Å². The zero-order chi connectivity index (χ0) is 24.1. The van der Waals surface area contributed by atoms with Crippen LogP contribution in [0.5, 0.6) is 0 Å². The van der Waals surface area contributed by atoms with E-state index < -0.39 is 29.2 Å². The molecule has 0 aliphatic carbocycles. The highest BCUT2D eigenvalue weighted by Gasteiger charge is 2.43. The highest BCUT2D eigenvalue weighted by molar-refractivity contribution is 5.94. The Morgan fingerprint density at radius 1 is 1.06 bits per heavy atom. The number of piperidine rings is 1. The third-order valence-corrected chi connectivity index (χ3v) is 6.37. The van der Waals surface area contributed by atoms with Gasteiger partial charge in [0.2, 0.25) is 0 Å². The third kappa shape index (κ3) is 5.62. The molecule has 33 heavy (non-hydrogen) atoms. The number of benzene rings is 2. The molecule has 8 heteroatoms. The lowest BCUT2D eigenvalue weighted by Gasteiger charge is -2.43. The van der Waals surface area contributed by atoms with Crippen molar-refractivity contribution in [3.05, 3.63) is 71.3 Å². The Labute approximate surface area is 191 Å². The van der Waals surface area contributed by atoms with Crippen molar-refractivity contribution in [1.29, 1.82) is 0 Å². The molecule has 5 nitrogen and oxygen atoms in total. The van der Waals surface area contributed by atoms with Gasteiger partial charge < -0.3 is 10.4 Å². The molecular weight excluding hydrogens is 433 g/mol. The number of likely N-dealkylation sites (tertiary alicyclic amines) is 1. The van der Waals surface area contributed by atoms with E-state index in [1.165, 1.54) is 0 Å². The van der Waals surface area contributed by atoms with E-state index in [0.717, 1.165) is 36.2 Å². The third-order valence-electron chi connectivity index (χ3n) is 6.37. The summed E-state index contributed by atoms with van der Waals surface area (Å²) in [4.78, 5) is 27.6. The van der Waals surface area contributed by atoms with E-state index in [9.17, 15) is 27.9 Å². The molecule has 1 unspecified atom stereocenters. The summed E-state index contributed by atoms with van der Waals surface area (Å²) in [5.41, 5.74) is -0.360. The van der Waals surface area contributed by atoms with Gasteiger partial charge in [0.1, 0.15) is 11.9 Å². The van der Waals surface area contributed by atoms with Gasteiger partial charge in [0.05, 0.1) is 17.6 Å². The number of Topliss-reactive ketones (excluding diaryl/α,β-unsaturated/α-hetero) is 1. The number of hydrogen-bond donors (Lipinski definition) is 2. The van der Waals surface area contributed by atoms with Crippen LogP contribution in [0.15, 0.2) is 54.6 Å². The molecule has 1 heterocycles. The predicted molar refractivity (Wildman–Crippen MR) is 119 cm³/mol. The first-order valence-electron chi connectivity index (χ1n) is 11.1. The summed E-state index contributed by atoms with van der Waals surface area (Å²) in [6, 6.07) is 13.6. The average Bonchev–Trinajstić information content (AvgIpc) is 2.82. The van der Waals surface area contributed by atoms with Gasteiger partial charge in [-0.15, -0.1) is 0 Å². The number of carbonyl (C=O) groups excluding carboxylic acids is 2. The summed E-state index contributed by atoms with van der Waals surface area (Å²) in [7, 11) is 0. The fourth-order valence-electron chi connectivity index (χ4n) is 4.47. The highest BCUT2D eigenvalue weighted by atomic mass is 19.4. The Morgan fingerprint density at radius 3 is 2.18 bits per heavy atom. The lowest BCUT2D eigenvalue weighted by Crippen LogP contribution is -2.56. The normalized spacial score (nSPS) is 17.4. The van der Waals surface area contributed by atoms with Crippen LogP contribution in [0.2, 0.25) is 0 Å². The van der Waals surface area contributed by atoms with Gasteiger partial charge in [-0.3, -0.25) is 14.5 Å². The average molecular weight is 463 g/mol. The molecule has 2 N–H and O–H groups in total. The summed E-state index contributed by atoms with van der Waals surface area (Å²) in [6.07, 6.45) is -2.81. The van der Waals surface area contributed by atoms with Crippen molar-refractivity contribution in [1.82, 2.24) is 10.2 Å². The zero-order valence-corrected chi connectivity index (χ0v) is 18.6. The molecular formula is C25H29F3N2O3. The fraction of sp³-hybridized carbons (Fsp3) is 0.440. The first kappa shape index (κ1) is 24.9. The van der Waals surface area contributed by atoms with Gasteiger partial charge in [-0.05, 0) is 49.1 Å². The van der Waals surface area contributed by atoms with Crippen molar-refractivity contribution in [2.24, 2.45) is 0 Å². The molecule has 0 aromatic heterocycles. The highest BCUT2D eigenvalue weighted by Crippen LogP contribution is 2.38. The Morgan fingerprint density at radius 2 is 1.67 bits per heavy atom. The van der Waals surface area contributed by atoms with Crippen LogP contribution in [-0.2, 0) is 16.4 Å². The maximum atomic E-state index is 13.1. The largest absolute Gasteiger partial charge is 0.416 e. The van der Waals surface area contributed by atoms with Gasteiger partial charge in [-0.1, -0.05) is 37.3 Å². The summed E-state index contributed by atoms with van der Waals surface area (Å²) >= 11 is 0. The number of alkyl halides is 3. The van der Waals surface area contributed by atoms with Crippen molar-refractivity contribution in [3.63, 3.8) is 0 Å². The van der Waals surface area contributed by atoms with Crippen LogP contribution in [0.3, 0.4) is 0 Å². The quantitative estimate of drug-likeness (QED) is 0.618. The van der Waals surface area contributed by atoms with Crippen LogP contribution in [0.1, 0.15) is 54.1 Å². The van der Waals surface area contributed by atoms with Gasteiger partial charge in [-0.2, -0.15) is 13.2 Å². The second-order valence-corrected chi connectivity index (χ2v) is 8.40. The molecule has 1 saturated heterocycles. The monoisotopic (exact) mass is 462 g/mol. The fourth-order valence-corrected chi connectivity index (χ4v) is 4.47. The number of hydrogen-bond acceptors (Lipinski definition) is 4. The molecule has 2 aromatic rings. The molecule has 0 radical (unpaired) electrons. The second-order valence-electron chi connectivity index (χ2n) is 8.40. The van der Waals surface area contributed by atoms with Crippen molar-refractivity contribution >= 4 is 11.7 Å². The van der Waals surface area contributed by atoms with E-state index in [1.54, 1.807) is 0 Å². The minimum atomic E-state index is -4.48. The predicted octanol–water partition coefficient (Wildman–Crippen LogP) is 4.16.